The van der Waals surface area contributed by atoms with Crippen molar-refractivity contribution in [1.82, 2.24) is 4.57 Å². The number of hydrogen-bond acceptors (Lipinski definition) is 3. The molecule has 0 atom stereocenters. The van der Waals surface area contributed by atoms with Crippen LogP contribution in [-0.2, 0) is 6.54 Å². The number of Topliss-reactive ketones (excluding diaryl/α,β-unsaturated/α-hetero) is 1. The van der Waals surface area contributed by atoms with E-state index in [1.807, 2.05) is 18.2 Å². The highest BCUT2D eigenvalue weighted by Gasteiger charge is 2.27. The quantitative estimate of drug-likeness (QED) is 0.434. The first-order valence-corrected chi connectivity index (χ1v) is 12.0. The third kappa shape index (κ3) is 4.44. The zero-order valence-corrected chi connectivity index (χ0v) is 20.0. The van der Waals surface area contributed by atoms with Crippen LogP contribution in [0.2, 0.25) is 0 Å². The van der Waals surface area contributed by atoms with Gasteiger partial charge >= 0.3 is 0 Å². The van der Waals surface area contributed by atoms with Crippen molar-refractivity contribution in [3.05, 3.63) is 95.7 Å². The van der Waals surface area contributed by atoms with Crippen LogP contribution in [-0.4, -0.2) is 50.2 Å². The molecule has 1 aliphatic rings. The van der Waals surface area contributed by atoms with Crippen molar-refractivity contribution in [3.8, 4) is 5.75 Å². The van der Waals surface area contributed by atoms with Crippen molar-refractivity contribution in [2.45, 2.75) is 13.5 Å². The van der Waals surface area contributed by atoms with Gasteiger partial charge in [0, 0.05) is 28.8 Å². The van der Waals surface area contributed by atoms with Gasteiger partial charge in [-0.1, -0.05) is 48.5 Å². The molecular weight excluding hydrogens is 422 g/mol. The molecule has 3 aromatic carbocycles. The van der Waals surface area contributed by atoms with Crippen molar-refractivity contribution in [2.75, 3.05) is 44.7 Å². The monoisotopic (exact) mass is 454 g/mol. The highest BCUT2D eigenvalue weighted by molar-refractivity contribution is 6.10. The van der Waals surface area contributed by atoms with Crippen LogP contribution in [0.1, 0.15) is 21.6 Å². The normalized spacial score (nSPS) is 14.5. The lowest BCUT2D eigenvalue weighted by molar-refractivity contribution is -0.892. The molecule has 1 aromatic heterocycles. The molecule has 0 aliphatic carbocycles. The fourth-order valence-electron chi connectivity index (χ4n) is 5.12. The summed E-state index contributed by atoms with van der Waals surface area (Å²) in [6.07, 6.45) is 0. The molecule has 0 saturated carbocycles. The Labute approximate surface area is 201 Å². The zero-order valence-electron chi connectivity index (χ0n) is 20.0. The number of piperazine rings is 1. The standard InChI is InChI=1S/C29H31N3O2/c1-22-29(28(33)21-30-15-17-31(18-16-30)24-11-7-4-8-12-24)26-19-25(34-2)13-14-27(26)32(22)20-23-9-5-3-6-10-23/h3-14,19H,15-18,20-21H2,1-2H3/p+1. The number of carbonyl (C=O) groups excluding carboxylic acids is 1. The lowest BCUT2D eigenvalue weighted by Gasteiger charge is -2.33. The number of rotatable bonds is 7. The van der Waals surface area contributed by atoms with Crippen molar-refractivity contribution in [3.63, 3.8) is 0 Å². The van der Waals surface area contributed by atoms with Gasteiger partial charge in [-0.05, 0) is 42.8 Å². The molecule has 1 aliphatic heterocycles. The predicted octanol–water partition coefficient (Wildman–Crippen LogP) is 3.59. The molecule has 0 bridgehead atoms. The highest BCUT2D eigenvalue weighted by atomic mass is 16.5. The first-order chi connectivity index (χ1) is 16.6. The van der Waals surface area contributed by atoms with Crippen molar-refractivity contribution < 1.29 is 14.4 Å². The fourth-order valence-corrected chi connectivity index (χ4v) is 5.12. The number of nitrogens with one attached hydrogen (secondary N) is 1. The van der Waals surface area contributed by atoms with Crippen molar-refractivity contribution >= 4 is 22.4 Å². The molecule has 0 spiro atoms. The Morgan fingerprint density at radius 2 is 1.62 bits per heavy atom. The summed E-state index contributed by atoms with van der Waals surface area (Å²) in [4.78, 5) is 17.4. The second kappa shape index (κ2) is 9.74. The van der Waals surface area contributed by atoms with E-state index in [0.717, 1.165) is 60.6 Å². The minimum absolute atomic E-state index is 0.214. The SMILES string of the molecule is COc1ccc2c(c1)c(C(=O)C[NH+]1CCN(c3ccccc3)CC1)c(C)n2Cc1ccccc1. The number of fused-ring (bicyclic) bond motifs is 1. The van der Waals surface area contributed by atoms with Gasteiger partial charge in [0.25, 0.3) is 0 Å². The summed E-state index contributed by atoms with van der Waals surface area (Å²) >= 11 is 0. The Kier molecular flexibility index (Phi) is 6.37. The molecule has 0 unspecified atom stereocenters. The van der Waals surface area contributed by atoms with Crippen LogP contribution in [0.3, 0.4) is 0 Å². The maximum absolute atomic E-state index is 13.7. The van der Waals surface area contributed by atoms with Crippen molar-refractivity contribution in [2.24, 2.45) is 0 Å². The van der Waals surface area contributed by atoms with Gasteiger partial charge in [-0.2, -0.15) is 0 Å². The molecule has 5 rings (SSSR count). The topological polar surface area (TPSA) is 38.9 Å². The summed E-state index contributed by atoms with van der Waals surface area (Å²) in [5.74, 6) is 0.993. The van der Waals surface area contributed by atoms with Crippen molar-refractivity contribution in [1.29, 1.82) is 0 Å². The predicted molar refractivity (Wildman–Crippen MR) is 137 cm³/mol. The molecule has 5 nitrogen and oxygen atoms in total. The van der Waals surface area contributed by atoms with Crippen LogP contribution in [0.4, 0.5) is 5.69 Å². The molecule has 0 amide bonds. The zero-order chi connectivity index (χ0) is 23.5. The van der Waals surface area contributed by atoms with Crippen LogP contribution >= 0.6 is 0 Å². The number of carbonyl (C=O) groups is 1. The first kappa shape index (κ1) is 22.2. The van der Waals surface area contributed by atoms with Crippen LogP contribution < -0.4 is 14.5 Å². The molecule has 5 heteroatoms. The molecule has 4 aromatic rings. The van der Waals surface area contributed by atoms with E-state index in [2.05, 4.69) is 77.1 Å². The molecule has 34 heavy (non-hydrogen) atoms. The number of methoxy groups -OCH3 is 1. The Hall–Kier alpha value is -3.57. The average molecular weight is 455 g/mol. The van der Waals surface area contributed by atoms with Gasteiger partial charge in [0.2, 0.25) is 5.78 Å². The molecule has 174 valence electrons. The number of quaternary nitrogens is 1. The summed E-state index contributed by atoms with van der Waals surface area (Å²) in [6, 6.07) is 27.0. The third-order valence-electron chi connectivity index (χ3n) is 7.00. The summed E-state index contributed by atoms with van der Waals surface area (Å²) in [5.41, 5.74) is 5.43. The van der Waals surface area contributed by atoms with E-state index >= 15 is 0 Å². The number of aromatic nitrogens is 1. The van der Waals surface area contributed by atoms with E-state index < -0.39 is 0 Å². The molecule has 1 saturated heterocycles. The molecule has 1 fully saturated rings. The second-order valence-electron chi connectivity index (χ2n) is 9.09. The number of nitrogens with zero attached hydrogens (tertiary/aromatic N) is 2. The van der Waals surface area contributed by atoms with Crippen LogP contribution in [0.15, 0.2) is 78.9 Å². The van der Waals surface area contributed by atoms with Gasteiger partial charge in [0.1, 0.15) is 12.3 Å². The van der Waals surface area contributed by atoms with Crippen LogP contribution in [0.5, 0.6) is 5.75 Å². The highest BCUT2D eigenvalue weighted by Crippen LogP contribution is 2.30. The minimum Gasteiger partial charge on any atom is -0.497 e. The van der Waals surface area contributed by atoms with Crippen LogP contribution in [0, 0.1) is 6.92 Å². The van der Waals surface area contributed by atoms with E-state index in [1.54, 1.807) is 7.11 Å². The number of hydrogen-bond donors (Lipinski definition) is 1. The fraction of sp³-hybridized carbons (Fsp3) is 0.276. The number of ketones is 1. The minimum atomic E-state index is 0.214. The van der Waals surface area contributed by atoms with E-state index in [1.165, 1.54) is 16.2 Å². The Morgan fingerprint density at radius 1 is 0.941 bits per heavy atom. The van der Waals surface area contributed by atoms with Gasteiger partial charge in [0.05, 0.1) is 38.9 Å². The van der Waals surface area contributed by atoms with Gasteiger partial charge < -0.3 is 19.1 Å². The Bertz CT molecular complexity index is 1270. The number of para-hydroxylation sites is 1. The number of ether oxygens (including phenoxy) is 1. The molecule has 2 heterocycles. The van der Waals surface area contributed by atoms with Gasteiger partial charge in [-0.15, -0.1) is 0 Å². The third-order valence-corrected chi connectivity index (χ3v) is 7.00. The summed E-state index contributed by atoms with van der Waals surface area (Å²) < 4.78 is 7.76. The van der Waals surface area contributed by atoms with E-state index in [-0.39, 0.29) is 5.78 Å². The largest absolute Gasteiger partial charge is 0.497 e. The van der Waals surface area contributed by atoms with Gasteiger partial charge in [0.15, 0.2) is 0 Å². The number of anilines is 1. The lowest BCUT2D eigenvalue weighted by Crippen LogP contribution is -3.15. The van der Waals surface area contributed by atoms with E-state index in [9.17, 15) is 4.79 Å². The summed E-state index contributed by atoms with van der Waals surface area (Å²) in [5, 5.41) is 0.986. The maximum Gasteiger partial charge on any atom is 0.219 e. The van der Waals surface area contributed by atoms with E-state index in [4.69, 9.17) is 4.74 Å². The lowest BCUT2D eigenvalue weighted by atomic mass is 10.1. The average Bonchev–Trinajstić information content (AvgIpc) is 3.16. The second-order valence-corrected chi connectivity index (χ2v) is 9.09. The maximum atomic E-state index is 13.7. The van der Waals surface area contributed by atoms with E-state index in [0.29, 0.717) is 6.54 Å². The first-order valence-electron chi connectivity index (χ1n) is 12.0. The van der Waals surface area contributed by atoms with Gasteiger partial charge in [-0.3, -0.25) is 4.79 Å². The molecule has 1 N–H and O–H groups in total. The van der Waals surface area contributed by atoms with Gasteiger partial charge in [-0.25, -0.2) is 0 Å². The Morgan fingerprint density at radius 3 is 2.29 bits per heavy atom. The molecule has 0 radical (unpaired) electrons. The molecular formula is C29H32N3O2+. The summed E-state index contributed by atoms with van der Waals surface area (Å²) in [7, 11) is 1.67. The summed E-state index contributed by atoms with van der Waals surface area (Å²) in [6.45, 7) is 7.20. The Balaban J connectivity index is 1.39. The number of benzene rings is 3. The smallest absolute Gasteiger partial charge is 0.219 e. The van der Waals surface area contributed by atoms with Crippen LogP contribution in [0.25, 0.3) is 10.9 Å².